The molecule has 0 bridgehead atoms. The largest absolute Gasteiger partial charge is 0.384 e. The summed E-state index contributed by atoms with van der Waals surface area (Å²) in [6.45, 7) is 2.85. The van der Waals surface area contributed by atoms with Crippen molar-refractivity contribution in [2.24, 2.45) is 5.92 Å². The van der Waals surface area contributed by atoms with E-state index in [9.17, 15) is 4.21 Å². The lowest BCUT2D eigenvalue weighted by Gasteiger charge is -2.35. The van der Waals surface area contributed by atoms with Gasteiger partial charge in [0.15, 0.2) is 0 Å². The highest BCUT2D eigenvalue weighted by Crippen LogP contribution is 2.30. The van der Waals surface area contributed by atoms with Gasteiger partial charge in [-0.2, -0.15) is 0 Å². The Morgan fingerprint density at radius 1 is 1.41 bits per heavy atom. The van der Waals surface area contributed by atoms with E-state index in [0.717, 1.165) is 12.3 Å². The van der Waals surface area contributed by atoms with Gasteiger partial charge in [0.1, 0.15) is 0 Å². The summed E-state index contributed by atoms with van der Waals surface area (Å²) in [6.07, 6.45) is 6.11. The van der Waals surface area contributed by atoms with Crippen molar-refractivity contribution in [2.75, 3.05) is 26.5 Å². The maximum atomic E-state index is 12.3. The van der Waals surface area contributed by atoms with Crippen molar-refractivity contribution in [3.8, 4) is 0 Å². The van der Waals surface area contributed by atoms with Gasteiger partial charge in [-0.25, -0.2) is 0 Å². The van der Waals surface area contributed by atoms with Gasteiger partial charge in [0.05, 0.1) is 11.9 Å². The van der Waals surface area contributed by atoms with Gasteiger partial charge in [-0.05, 0) is 32.2 Å². The van der Waals surface area contributed by atoms with Crippen molar-refractivity contribution < 1.29 is 8.95 Å². The van der Waals surface area contributed by atoms with Gasteiger partial charge in [0, 0.05) is 29.7 Å². The molecular formula is C13H27NO2S. The average molecular weight is 261 g/mol. The van der Waals surface area contributed by atoms with E-state index in [1.165, 1.54) is 25.7 Å². The van der Waals surface area contributed by atoms with Gasteiger partial charge >= 0.3 is 0 Å². The lowest BCUT2D eigenvalue weighted by molar-refractivity contribution is 0.217. The molecule has 1 rings (SSSR count). The van der Waals surface area contributed by atoms with Crippen LogP contribution in [0.4, 0.5) is 0 Å². The second-order valence-electron chi connectivity index (χ2n) is 4.98. The smallest absolute Gasteiger partial charge is 0.0577 e. The zero-order chi connectivity index (χ0) is 12.7. The van der Waals surface area contributed by atoms with Crippen LogP contribution in [0, 0.1) is 5.92 Å². The molecule has 0 aromatic carbocycles. The lowest BCUT2D eigenvalue weighted by atomic mass is 9.83. The summed E-state index contributed by atoms with van der Waals surface area (Å²) in [6, 6.07) is 0.431. The molecule has 1 fully saturated rings. The molecule has 0 spiro atoms. The number of nitrogens with one attached hydrogen (secondary N) is 1. The Balaban J connectivity index is 2.52. The number of rotatable bonds is 7. The minimum Gasteiger partial charge on any atom is -0.384 e. The van der Waals surface area contributed by atoms with Crippen molar-refractivity contribution in [1.29, 1.82) is 0 Å². The van der Waals surface area contributed by atoms with Crippen LogP contribution in [-0.2, 0) is 15.5 Å². The minimum absolute atomic E-state index is 0.320. The molecule has 102 valence electrons. The minimum atomic E-state index is -0.748. The summed E-state index contributed by atoms with van der Waals surface area (Å²) in [5, 5.41) is 3.66. The third-order valence-electron chi connectivity index (χ3n) is 3.79. The van der Waals surface area contributed by atoms with Crippen LogP contribution in [0.2, 0.25) is 0 Å². The molecule has 4 atom stereocenters. The first-order chi connectivity index (χ1) is 8.22. The Labute approximate surface area is 108 Å². The molecule has 4 unspecified atom stereocenters. The normalized spacial score (nSPS) is 31.4. The Hall–Kier alpha value is 0.0700. The Morgan fingerprint density at radius 3 is 2.76 bits per heavy atom. The molecule has 0 aromatic rings. The van der Waals surface area contributed by atoms with E-state index >= 15 is 0 Å². The van der Waals surface area contributed by atoms with E-state index in [2.05, 4.69) is 12.2 Å². The van der Waals surface area contributed by atoms with Crippen LogP contribution in [0.1, 0.15) is 39.0 Å². The van der Waals surface area contributed by atoms with Crippen molar-refractivity contribution >= 4 is 10.8 Å². The molecule has 4 heteroatoms. The zero-order valence-corrected chi connectivity index (χ0v) is 12.2. The van der Waals surface area contributed by atoms with Crippen LogP contribution < -0.4 is 5.32 Å². The topological polar surface area (TPSA) is 38.3 Å². The van der Waals surface area contributed by atoms with Crippen molar-refractivity contribution in [3.05, 3.63) is 0 Å². The predicted molar refractivity (Wildman–Crippen MR) is 73.8 cm³/mol. The van der Waals surface area contributed by atoms with Gasteiger partial charge in [0.25, 0.3) is 0 Å². The lowest BCUT2D eigenvalue weighted by Crippen LogP contribution is -2.45. The van der Waals surface area contributed by atoms with Gasteiger partial charge in [-0.3, -0.25) is 4.21 Å². The van der Waals surface area contributed by atoms with Crippen LogP contribution in [0.25, 0.3) is 0 Å². The zero-order valence-electron chi connectivity index (χ0n) is 11.4. The molecule has 1 aliphatic rings. The molecule has 0 saturated heterocycles. The fourth-order valence-electron chi connectivity index (χ4n) is 2.82. The highest BCUT2D eigenvalue weighted by Gasteiger charge is 2.32. The second-order valence-corrected chi connectivity index (χ2v) is 6.75. The highest BCUT2D eigenvalue weighted by molar-refractivity contribution is 7.85. The quantitative estimate of drug-likeness (QED) is 0.761. The molecule has 3 nitrogen and oxygen atoms in total. The standard InChI is InChI=1S/C13H27NO2S/c1-4-5-11-6-7-12(14-2)13(10-11)17(15)9-8-16-3/h11-14H,4-10H2,1-3H3. The third kappa shape index (κ3) is 4.68. The highest BCUT2D eigenvalue weighted by atomic mass is 32.2. The summed E-state index contributed by atoms with van der Waals surface area (Å²) in [5.74, 6) is 1.46. The summed E-state index contributed by atoms with van der Waals surface area (Å²) < 4.78 is 17.3. The molecule has 0 heterocycles. The molecule has 0 aliphatic heterocycles. The van der Waals surface area contributed by atoms with E-state index in [1.807, 2.05) is 7.05 Å². The van der Waals surface area contributed by atoms with Gasteiger partial charge < -0.3 is 10.1 Å². The monoisotopic (exact) mass is 261 g/mol. The molecular weight excluding hydrogens is 234 g/mol. The molecule has 1 N–H and O–H groups in total. The number of methoxy groups -OCH3 is 1. The second kappa shape index (κ2) is 8.22. The Morgan fingerprint density at radius 2 is 2.18 bits per heavy atom. The van der Waals surface area contributed by atoms with E-state index in [0.29, 0.717) is 23.7 Å². The first-order valence-electron chi connectivity index (χ1n) is 6.76. The third-order valence-corrected chi connectivity index (χ3v) is 5.56. The summed E-state index contributed by atoms with van der Waals surface area (Å²) in [7, 11) is 2.92. The molecule has 0 amide bonds. The van der Waals surface area contributed by atoms with Crippen molar-refractivity contribution in [2.45, 2.75) is 50.3 Å². The van der Waals surface area contributed by atoms with Crippen LogP contribution in [0.5, 0.6) is 0 Å². The molecule has 17 heavy (non-hydrogen) atoms. The molecule has 0 aromatic heterocycles. The van der Waals surface area contributed by atoms with Gasteiger partial charge in [-0.15, -0.1) is 0 Å². The maximum Gasteiger partial charge on any atom is 0.0577 e. The average Bonchev–Trinajstić information content (AvgIpc) is 2.36. The SMILES string of the molecule is CCCC1CCC(NC)C(S(=O)CCOC)C1. The predicted octanol–water partition coefficient (Wildman–Crippen LogP) is 1.94. The number of ether oxygens (including phenoxy) is 1. The summed E-state index contributed by atoms with van der Waals surface area (Å²) in [4.78, 5) is 0. The molecule has 0 radical (unpaired) electrons. The molecule has 1 saturated carbocycles. The maximum absolute atomic E-state index is 12.3. The van der Waals surface area contributed by atoms with Crippen LogP contribution >= 0.6 is 0 Å². The van der Waals surface area contributed by atoms with Crippen molar-refractivity contribution in [3.63, 3.8) is 0 Å². The summed E-state index contributed by atoms with van der Waals surface area (Å²) in [5.41, 5.74) is 0. The van der Waals surface area contributed by atoms with Gasteiger partial charge in [-0.1, -0.05) is 19.8 Å². The Bertz CT molecular complexity index is 235. The number of hydrogen-bond donors (Lipinski definition) is 1. The molecule has 1 aliphatic carbocycles. The summed E-state index contributed by atoms with van der Waals surface area (Å²) >= 11 is 0. The van der Waals surface area contributed by atoms with Crippen LogP contribution in [0.15, 0.2) is 0 Å². The first-order valence-corrected chi connectivity index (χ1v) is 8.14. The fourth-order valence-corrected chi connectivity index (χ4v) is 4.58. The van der Waals surface area contributed by atoms with Gasteiger partial charge in [0.2, 0.25) is 0 Å². The first kappa shape index (κ1) is 15.1. The van der Waals surface area contributed by atoms with Crippen molar-refractivity contribution in [1.82, 2.24) is 5.32 Å². The fraction of sp³-hybridized carbons (Fsp3) is 1.00. The number of hydrogen-bond acceptors (Lipinski definition) is 3. The van der Waals surface area contributed by atoms with E-state index < -0.39 is 10.8 Å². The Kier molecular flexibility index (Phi) is 7.32. The van der Waals surface area contributed by atoms with E-state index in [4.69, 9.17) is 4.74 Å². The van der Waals surface area contributed by atoms with E-state index in [-0.39, 0.29) is 0 Å². The van der Waals surface area contributed by atoms with Crippen LogP contribution in [-0.4, -0.2) is 42.0 Å². The van der Waals surface area contributed by atoms with E-state index in [1.54, 1.807) is 7.11 Å². The van der Waals surface area contributed by atoms with Crippen LogP contribution in [0.3, 0.4) is 0 Å².